The van der Waals surface area contributed by atoms with Crippen LogP contribution < -0.4 is 16.4 Å². The minimum absolute atomic E-state index is 0.0440. The fourth-order valence-corrected chi connectivity index (χ4v) is 4.54. The quantitative estimate of drug-likeness (QED) is 0.293. The molecule has 0 bridgehead atoms. The average molecular weight is 527 g/mol. The molecule has 38 heavy (non-hydrogen) atoms. The maximum absolute atomic E-state index is 12.4. The molecule has 206 valence electrons. The fourth-order valence-electron chi connectivity index (χ4n) is 4.54. The van der Waals surface area contributed by atoms with Crippen molar-refractivity contribution < 1.29 is 19.7 Å². The molecule has 4 rings (SSSR count). The van der Waals surface area contributed by atoms with Crippen molar-refractivity contribution in [3.8, 4) is 0 Å². The van der Waals surface area contributed by atoms with Crippen molar-refractivity contribution in [2.45, 2.75) is 64.0 Å². The van der Waals surface area contributed by atoms with Gasteiger partial charge in [-0.1, -0.05) is 32.9 Å². The number of nitrogens with one attached hydrogen (secondary N) is 2. The SMILES string of the molecule is CC(C)N(CCNC(=O)Nc1ccc(C(C)(C)C)cc1)CC1OCC(O)(n2cnc3c(N)ncnc32)C1O. The van der Waals surface area contributed by atoms with Crippen molar-refractivity contribution >= 4 is 28.7 Å². The lowest BCUT2D eigenvalue weighted by Crippen LogP contribution is -2.50. The van der Waals surface area contributed by atoms with Gasteiger partial charge in [-0.2, -0.15) is 0 Å². The van der Waals surface area contributed by atoms with Crippen molar-refractivity contribution in [1.29, 1.82) is 0 Å². The molecule has 1 aliphatic heterocycles. The number of anilines is 2. The molecule has 0 radical (unpaired) electrons. The highest BCUT2D eigenvalue weighted by molar-refractivity contribution is 5.89. The van der Waals surface area contributed by atoms with Gasteiger partial charge in [0.2, 0.25) is 0 Å². The molecule has 3 heterocycles. The number of nitrogens with zero attached hydrogens (tertiary/aromatic N) is 5. The highest BCUT2D eigenvalue weighted by Gasteiger charge is 2.50. The number of fused-ring (bicyclic) bond motifs is 1. The van der Waals surface area contributed by atoms with E-state index >= 15 is 0 Å². The van der Waals surface area contributed by atoms with Crippen molar-refractivity contribution in [1.82, 2.24) is 29.7 Å². The summed E-state index contributed by atoms with van der Waals surface area (Å²) in [5.74, 6) is 0.187. The zero-order valence-electron chi connectivity index (χ0n) is 22.5. The van der Waals surface area contributed by atoms with E-state index in [0.717, 1.165) is 5.69 Å². The number of ether oxygens (including phenoxy) is 1. The molecule has 12 heteroatoms. The number of nitrogen functional groups attached to an aromatic ring is 1. The van der Waals surface area contributed by atoms with Crippen LogP contribution in [-0.4, -0.2) is 85.2 Å². The van der Waals surface area contributed by atoms with Crippen LogP contribution in [0.2, 0.25) is 0 Å². The monoisotopic (exact) mass is 526 g/mol. The summed E-state index contributed by atoms with van der Waals surface area (Å²) in [7, 11) is 0. The number of nitrogens with two attached hydrogens (primary N) is 1. The third kappa shape index (κ3) is 5.73. The van der Waals surface area contributed by atoms with Crippen LogP contribution in [0.3, 0.4) is 0 Å². The molecule has 6 N–H and O–H groups in total. The third-order valence-corrected chi connectivity index (χ3v) is 6.95. The highest BCUT2D eigenvalue weighted by Crippen LogP contribution is 2.33. The zero-order valence-corrected chi connectivity index (χ0v) is 22.5. The largest absolute Gasteiger partial charge is 0.385 e. The number of hydrogen-bond acceptors (Lipinski definition) is 9. The number of carbonyl (C=O) groups is 1. The number of aliphatic hydroxyl groups excluding tert-OH is 1. The Morgan fingerprint density at radius 1 is 1.26 bits per heavy atom. The Kier molecular flexibility index (Phi) is 7.88. The smallest absolute Gasteiger partial charge is 0.319 e. The molecule has 2 amide bonds. The number of carbonyl (C=O) groups excluding carboxylic acids is 1. The van der Waals surface area contributed by atoms with Crippen LogP contribution >= 0.6 is 0 Å². The Balaban J connectivity index is 1.32. The predicted molar refractivity (Wildman–Crippen MR) is 145 cm³/mol. The summed E-state index contributed by atoms with van der Waals surface area (Å²) in [4.78, 5) is 26.8. The van der Waals surface area contributed by atoms with Crippen molar-refractivity contribution in [3.63, 3.8) is 0 Å². The van der Waals surface area contributed by atoms with E-state index in [1.807, 2.05) is 38.1 Å². The molecule has 1 aliphatic rings. The first kappa shape index (κ1) is 27.7. The summed E-state index contributed by atoms with van der Waals surface area (Å²) < 4.78 is 7.22. The molecule has 3 unspecified atom stereocenters. The Morgan fingerprint density at radius 3 is 2.63 bits per heavy atom. The number of aromatic nitrogens is 4. The lowest BCUT2D eigenvalue weighted by molar-refractivity contribution is -0.109. The molecule has 0 saturated carbocycles. The molecule has 3 aromatic rings. The fraction of sp³-hybridized carbons (Fsp3) is 0.538. The molecule has 1 saturated heterocycles. The van der Waals surface area contributed by atoms with Gasteiger partial charge in [0, 0.05) is 31.4 Å². The summed E-state index contributed by atoms with van der Waals surface area (Å²) in [6.07, 6.45) is 0.743. The van der Waals surface area contributed by atoms with E-state index in [0.29, 0.717) is 30.8 Å². The molecule has 1 aromatic carbocycles. The Hall–Kier alpha value is -3.32. The number of urea groups is 1. The molecular formula is C26H38N8O4. The number of imidazole rings is 1. The predicted octanol–water partition coefficient (Wildman–Crippen LogP) is 1.64. The van der Waals surface area contributed by atoms with Gasteiger partial charge in [-0.15, -0.1) is 0 Å². The van der Waals surface area contributed by atoms with Gasteiger partial charge in [-0.3, -0.25) is 9.47 Å². The normalized spacial score (nSPS) is 21.9. The van der Waals surface area contributed by atoms with Gasteiger partial charge in [-0.05, 0) is 37.0 Å². The zero-order chi connectivity index (χ0) is 27.7. The molecular weight excluding hydrogens is 488 g/mol. The van der Waals surface area contributed by atoms with Crippen LogP contribution in [0.15, 0.2) is 36.9 Å². The lowest BCUT2D eigenvalue weighted by atomic mass is 9.87. The van der Waals surface area contributed by atoms with E-state index in [1.54, 1.807) is 0 Å². The first-order valence-electron chi connectivity index (χ1n) is 12.8. The topological polar surface area (TPSA) is 164 Å². The minimum Gasteiger partial charge on any atom is -0.385 e. The van der Waals surface area contributed by atoms with Crippen LogP contribution in [0.25, 0.3) is 11.2 Å². The van der Waals surface area contributed by atoms with Gasteiger partial charge < -0.3 is 31.3 Å². The number of aliphatic hydroxyl groups is 2. The molecule has 1 fully saturated rings. The number of benzene rings is 1. The average Bonchev–Trinajstić information content (AvgIpc) is 3.41. The first-order valence-corrected chi connectivity index (χ1v) is 12.8. The lowest BCUT2D eigenvalue weighted by Gasteiger charge is -2.32. The summed E-state index contributed by atoms with van der Waals surface area (Å²) in [6, 6.07) is 7.62. The third-order valence-electron chi connectivity index (χ3n) is 6.95. The molecule has 3 atom stereocenters. The number of hydrogen-bond donors (Lipinski definition) is 5. The van der Waals surface area contributed by atoms with E-state index in [1.165, 1.54) is 22.8 Å². The summed E-state index contributed by atoms with van der Waals surface area (Å²) in [5, 5.41) is 28.2. The number of rotatable bonds is 8. The van der Waals surface area contributed by atoms with Crippen LogP contribution in [0.1, 0.15) is 40.2 Å². The Morgan fingerprint density at radius 2 is 1.97 bits per heavy atom. The maximum atomic E-state index is 12.4. The second kappa shape index (κ2) is 10.8. The van der Waals surface area contributed by atoms with Gasteiger partial charge in [0.1, 0.15) is 24.1 Å². The Labute approximate surface area is 222 Å². The first-order chi connectivity index (χ1) is 17.9. The van der Waals surface area contributed by atoms with Gasteiger partial charge in [-0.25, -0.2) is 19.7 Å². The van der Waals surface area contributed by atoms with E-state index < -0.39 is 17.9 Å². The van der Waals surface area contributed by atoms with Crippen LogP contribution in [0.4, 0.5) is 16.3 Å². The van der Waals surface area contributed by atoms with Crippen LogP contribution in [-0.2, 0) is 15.9 Å². The van der Waals surface area contributed by atoms with Crippen molar-refractivity contribution in [3.05, 3.63) is 42.5 Å². The van der Waals surface area contributed by atoms with Crippen LogP contribution in [0.5, 0.6) is 0 Å². The molecule has 12 nitrogen and oxygen atoms in total. The standard InChI is InChI=1S/C26H38N8O4/c1-16(2)33(11-10-28-24(36)32-18-8-6-17(7-9-18)25(3,4)5)12-19-21(35)26(37,13-38-19)34-15-31-20-22(27)29-14-30-23(20)34/h6-9,14-16,19,21,35,37H,10-13H2,1-5H3,(H2,27,29,30)(H2,28,32,36). The van der Waals surface area contributed by atoms with Crippen molar-refractivity contribution in [2.24, 2.45) is 0 Å². The maximum Gasteiger partial charge on any atom is 0.319 e. The number of amides is 2. The van der Waals surface area contributed by atoms with E-state index in [2.05, 4.69) is 51.3 Å². The minimum atomic E-state index is -1.76. The molecule has 2 aromatic heterocycles. The van der Waals surface area contributed by atoms with Gasteiger partial charge in [0.25, 0.3) is 0 Å². The van der Waals surface area contributed by atoms with Gasteiger partial charge >= 0.3 is 6.03 Å². The second-order valence-electron chi connectivity index (χ2n) is 11.0. The van der Waals surface area contributed by atoms with Gasteiger partial charge in [0.15, 0.2) is 17.2 Å². The Bertz CT molecular complexity index is 1260. The summed E-state index contributed by atoms with van der Waals surface area (Å²) >= 11 is 0. The molecule has 0 spiro atoms. The summed E-state index contributed by atoms with van der Waals surface area (Å²) in [6.45, 7) is 11.6. The summed E-state index contributed by atoms with van der Waals surface area (Å²) in [5.41, 5.74) is 6.71. The van der Waals surface area contributed by atoms with E-state index in [9.17, 15) is 15.0 Å². The second-order valence-corrected chi connectivity index (χ2v) is 11.0. The van der Waals surface area contributed by atoms with Crippen LogP contribution in [0, 0.1) is 0 Å². The van der Waals surface area contributed by atoms with E-state index in [4.69, 9.17) is 10.5 Å². The van der Waals surface area contributed by atoms with Crippen molar-refractivity contribution in [2.75, 3.05) is 37.3 Å². The molecule has 0 aliphatic carbocycles. The van der Waals surface area contributed by atoms with E-state index in [-0.39, 0.29) is 29.9 Å². The highest BCUT2D eigenvalue weighted by atomic mass is 16.5. The van der Waals surface area contributed by atoms with Gasteiger partial charge in [0.05, 0.1) is 12.9 Å².